The van der Waals surface area contributed by atoms with Crippen LogP contribution in [0.25, 0.3) is 0 Å². The van der Waals surface area contributed by atoms with Gasteiger partial charge in [-0.2, -0.15) is 0 Å². The van der Waals surface area contributed by atoms with Gasteiger partial charge in [0.05, 0.1) is 6.54 Å². The van der Waals surface area contributed by atoms with Crippen LogP contribution in [0.15, 0.2) is 54.6 Å². The number of carbonyl (C=O) groups is 2. The molecule has 1 saturated carbocycles. The van der Waals surface area contributed by atoms with Gasteiger partial charge in [-0.15, -0.1) is 0 Å². The van der Waals surface area contributed by atoms with Gasteiger partial charge in [0.25, 0.3) is 0 Å². The third-order valence-electron chi connectivity index (χ3n) is 5.22. The van der Waals surface area contributed by atoms with E-state index in [-0.39, 0.29) is 24.4 Å². The molecule has 2 aromatic carbocycles. The lowest BCUT2D eigenvalue weighted by Crippen LogP contribution is -2.33. The normalized spacial score (nSPS) is 18.6. The van der Waals surface area contributed by atoms with Gasteiger partial charge in [-0.1, -0.05) is 42.8 Å². The van der Waals surface area contributed by atoms with Crippen LogP contribution in [0.5, 0.6) is 0 Å². The number of amides is 2. The number of hydrogen-bond acceptors (Lipinski definition) is 4. The Hall–Kier alpha value is -2.86. The Labute approximate surface area is 165 Å². The zero-order valence-electron chi connectivity index (χ0n) is 16.0. The van der Waals surface area contributed by atoms with Crippen molar-refractivity contribution in [2.45, 2.75) is 38.3 Å². The Morgan fingerprint density at radius 2 is 1.86 bits per heavy atom. The molecule has 0 bridgehead atoms. The Kier molecular flexibility index (Phi) is 6.66. The second-order valence-corrected chi connectivity index (χ2v) is 7.47. The molecule has 0 aliphatic heterocycles. The highest BCUT2D eigenvalue weighted by molar-refractivity contribution is 5.91. The SMILES string of the molecule is NC(=O)CN(Cc1ccccc1)c1cccc(NC(=O)C[C@@H]2CCC[C@H]2N)c1. The van der Waals surface area contributed by atoms with E-state index in [1.165, 1.54) is 0 Å². The van der Waals surface area contributed by atoms with Gasteiger partial charge in [0.2, 0.25) is 11.8 Å². The minimum Gasteiger partial charge on any atom is -0.368 e. The molecule has 5 N–H and O–H groups in total. The molecular weight excluding hydrogens is 352 g/mol. The van der Waals surface area contributed by atoms with Gasteiger partial charge in [-0.3, -0.25) is 9.59 Å². The molecule has 0 radical (unpaired) electrons. The van der Waals surface area contributed by atoms with Gasteiger partial charge in [0, 0.05) is 30.4 Å². The minimum absolute atomic E-state index is 0.0241. The van der Waals surface area contributed by atoms with Gasteiger partial charge in [0.1, 0.15) is 0 Å². The molecule has 0 saturated heterocycles. The summed E-state index contributed by atoms with van der Waals surface area (Å²) in [6, 6.07) is 17.5. The fourth-order valence-electron chi connectivity index (χ4n) is 3.78. The molecule has 3 rings (SSSR count). The second kappa shape index (κ2) is 9.37. The Bertz CT molecular complexity index is 809. The van der Waals surface area contributed by atoms with Crippen molar-refractivity contribution >= 4 is 23.2 Å². The molecule has 2 aromatic rings. The van der Waals surface area contributed by atoms with E-state index >= 15 is 0 Å². The van der Waals surface area contributed by atoms with Crippen LogP contribution >= 0.6 is 0 Å². The molecule has 2 atom stereocenters. The first-order valence-corrected chi connectivity index (χ1v) is 9.74. The molecular formula is C22H28N4O2. The fraction of sp³-hybridized carbons (Fsp3) is 0.364. The summed E-state index contributed by atoms with van der Waals surface area (Å²) in [5.74, 6) is -0.169. The van der Waals surface area contributed by atoms with Crippen LogP contribution in [0.4, 0.5) is 11.4 Å². The zero-order valence-corrected chi connectivity index (χ0v) is 16.0. The van der Waals surface area contributed by atoms with Crippen molar-refractivity contribution in [3.63, 3.8) is 0 Å². The number of nitrogens with zero attached hydrogens (tertiary/aromatic N) is 1. The van der Waals surface area contributed by atoms with E-state index in [9.17, 15) is 9.59 Å². The van der Waals surface area contributed by atoms with Crippen molar-refractivity contribution in [2.24, 2.45) is 17.4 Å². The van der Waals surface area contributed by atoms with Crippen molar-refractivity contribution in [3.05, 3.63) is 60.2 Å². The molecule has 0 aromatic heterocycles. The summed E-state index contributed by atoms with van der Waals surface area (Å²) in [6.45, 7) is 0.654. The monoisotopic (exact) mass is 380 g/mol. The second-order valence-electron chi connectivity index (χ2n) is 7.47. The molecule has 28 heavy (non-hydrogen) atoms. The summed E-state index contributed by atoms with van der Waals surface area (Å²) >= 11 is 0. The molecule has 1 aliphatic carbocycles. The average Bonchev–Trinajstić information content (AvgIpc) is 3.06. The molecule has 1 aliphatic rings. The van der Waals surface area contributed by atoms with Crippen molar-refractivity contribution in [2.75, 3.05) is 16.8 Å². The third kappa shape index (κ3) is 5.57. The zero-order chi connectivity index (χ0) is 19.9. The number of hydrogen-bond donors (Lipinski definition) is 3. The smallest absolute Gasteiger partial charge is 0.236 e. The van der Waals surface area contributed by atoms with Crippen LogP contribution in [0.1, 0.15) is 31.2 Å². The molecule has 2 amide bonds. The lowest BCUT2D eigenvalue weighted by atomic mass is 10.00. The van der Waals surface area contributed by atoms with Gasteiger partial charge in [0.15, 0.2) is 0 Å². The van der Waals surface area contributed by atoms with Crippen molar-refractivity contribution < 1.29 is 9.59 Å². The number of anilines is 2. The first-order chi connectivity index (χ1) is 13.5. The molecule has 0 unspecified atom stereocenters. The van der Waals surface area contributed by atoms with E-state index in [0.717, 1.165) is 30.5 Å². The molecule has 1 fully saturated rings. The van der Waals surface area contributed by atoms with E-state index in [2.05, 4.69) is 5.32 Å². The summed E-state index contributed by atoms with van der Waals surface area (Å²) in [5.41, 5.74) is 14.1. The summed E-state index contributed by atoms with van der Waals surface area (Å²) in [4.78, 5) is 25.9. The Morgan fingerprint density at radius 3 is 2.54 bits per heavy atom. The third-order valence-corrected chi connectivity index (χ3v) is 5.22. The van der Waals surface area contributed by atoms with Gasteiger partial charge in [-0.05, 0) is 42.5 Å². The topological polar surface area (TPSA) is 101 Å². The molecule has 0 spiro atoms. The molecule has 148 valence electrons. The van der Waals surface area contributed by atoms with Crippen LogP contribution in [0.2, 0.25) is 0 Å². The van der Waals surface area contributed by atoms with E-state index in [0.29, 0.717) is 18.7 Å². The van der Waals surface area contributed by atoms with Crippen molar-refractivity contribution in [1.82, 2.24) is 0 Å². The first-order valence-electron chi connectivity index (χ1n) is 9.74. The van der Waals surface area contributed by atoms with Gasteiger partial charge < -0.3 is 21.7 Å². The Balaban J connectivity index is 1.69. The molecule has 0 heterocycles. The average molecular weight is 380 g/mol. The maximum atomic E-state index is 12.4. The number of nitrogens with two attached hydrogens (primary N) is 2. The van der Waals surface area contributed by atoms with Crippen molar-refractivity contribution in [3.8, 4) is 0 Å². The number of carbonyl (C=O) groups excluding carboxylic acids is 2. The van der Waals surface area contributed by atoms with Crippen LogP contribution in [0, 0.1) is 5.92 Å². The molecule has 6 nitrogen and oxygen atoms in total. The largest absolute Gasteiger partial charge is 0.368 e. The lowest BCUT2D eigenvalue weighted by molar-refractivity contribution is -0.117. The van der Waals surface area contributed by atoms with Crippen LogP contribution in [-0.4, -0.2) is 24.4 Å². The van der Waals surface area contributed by atoms with Crippen molar-refractivity contribution in [1.29, 1.82) is 0 Å². The number of primary amides is 1. The summed E-state index contributed by atoms with van der Waals surface area (Å²) in [7, 11) is 0. The fourth-order valence-corrected chi connectivity index (χ4v) is 3.78. The standard InChI is InChI=1S/C22H28N4O2/c23-20-11-4-8-17(20)12-22(28)25-18-9-5-10-19(13-18)26(15-21(24)27)14-16-6-2-1-3-7-16/h1-3,5-7,9-10,13,17,20H,4,8,11-12,14-15,23H2,(H2,24,27)(H,25,28)/t17-,20+/m0/s1. The van der Waals surface area contributed by atoms with E-state index in [1.54, 1.807) is 0 Å². The van der Waals surface area contributed by atoms with E-state index < -0.39 is 5.91 Å². The van der Waals surface area contributed by atoms with Crippen LogP contribution in [0.3, 0.4) is 0 Å². The van der Waals surface area contributed by atoms with Gasteiger partial charge in [-0.25, -0.2) is 0 Å². The van der Waals surface area contributed by atoms with E-state index in [4.69, 9.17) is 11.5 Å². The maximum absolute atomic E-state index is 12.4. The summed E-state index contributed by atoms with van der Waals surface area (Å²) < 4.78 is 0. The highest BCUT2D eigenvalue weighted by atomic mass is 16.2. The van der Waals surface area contributed by atoms with Crippen LogP contribution < -0.4 is 21.7 Å². The number of nitrogens with one attached hydrogen (secondary N) is 1. The first kappa shape index (κ1) is 19.9. The quantitative estimate of drug-likeness (QED) is 0.655. The Morgan fingerprint density at radius 1 is 1.07 bits per heavy atom. The van der Waals surface area contributed by atoms with Crippen LogP contribution in [-0.2, 0) is 16.1 Å². The highest BCUT2D eigenvalue weighted by Gasteiger charge is 2.26. The van der Waals surface area contributed by atoms with E-state index in [1.807, 2.05) is 59.5 Å². The maximum Gasteiger partial charge on any atom is 0.236 e. The minimum atomic E-state index is -0.402. The number of rotatable bonds is 8. The molecule has 6 heteroatoms. The lowest BCUT2D eigenvalue weighted by Gasteiger charge is -2.24. The summed E-state index contributed by atoms with van der Waals surface area (Å²) in [5, 5.41) is 2.96. The predicted molar refractivity (Wildman–Crippen MR) is 112 cm³/mol. The highest BCUT2D eigenvalue weighted by Crippen LogP contribution is 2.27. The predicted octanol–water partition coefficient (Wildman–Crippen LogP) is 2.63. The summed E-state index contributed by atoms with van der Waals surface area (Å²) in [6.07, 6.45) is 3.55. The number of benzene rings is 2. The van der Waals surface area contributed by atoms with Gasteiger partial charge >= 0.3 is 0 Å².